The van der Waals surface area contributed by atoms with Crippen molar-refractivity contribution in [3.05, 3.63) is 34.1 Å². The summed E-state index contributed by atoms with van der Waals surface area (Å²) >= 11 is 0. The molecule has 0 saturated heterocycles. The van der Waals surface area contributed by atoms with E-state index in [1.54, 1.807) is 0 Å². The molecule has 1 heterocycles. The molecule has 0 saturated carbocycles. The Morgan fingerprint density at radius 2 is 2.31 bits per heavy atom. The lowest BCUT2D eigenvalue weighted by atomic mass is 10.1. The zero-order valence-corrected chi connectivity index (χ0v) is 9.00. The number of nitro groups is 1. The van der Waals surface area contributed by atoms with Gasteiger partial charge in [-0.3, -0.25) is 15.1 Å². The fourth-order valence-corrected chi connectivity index (χ4v) is 1.44. The average molecular weight is 224 g/mol. The summed E-state index contributed by atoms with van der Waals surface area (Å²) in [7, 11) is 0. The molecule has 0 aliphatic rings. The van der Waals surface area contributed by atoms with Crippen LogP contribution in [-0.4, -0.2) is 22.5 Å². The molecule has 0 bridgehead atoms. The second kappa shape index (κ2) is 6.14. The Bertz CT molecular complexity index is 356. The zero-order valence-electron chi connectivity index (χ0n) is 9.00. The lowest BCUT2D eigenvalue weighted by molar-refractivity contribution is -0.385. The lowest BCUT2D eigenvalue weighted by Crippen LogP contribution is -2.24. The number of nitrogens with two attached hydrogens (primary N) is 2. The van der Waals surface area contributed by atoms with Gasteiger partial charge in [-0.25, -0.2) is 0 Å². The van der Waals surface area contributed by atoms with E-state index >= 15 is 0 Å². The maximum Gasteiger partial charge on any atom is 0.272 e. The molecule has 0 amide bonds. The summed E-state index contributed by atoms with van der Waals surface area (Å²) in [4.78, 5) is 14.2. The molecular formula is C10H16N4O2. The molecule has 6 nitrogen and oxygen atoms in total. The Kier molecular flexibility index (Phi) is 4.81. The monoisotopic (exact) mass is 224 g/mol. The van der Waals surface area contributed by atoms with E-state index in [0.717, 1.165) is 12.8 Å². The predicted octanol–water partition coefficient (Wildman–Crippen LogP) is 0.599. The number of hydrogen-bond acceptors (Lipinski definition) is 5. The minimum Gasteiger partial charge on any atom is -0.330 e. The molecule has 88 valence electrons. The minimum atomic E-state index is -0.434. The molecule has 1 rings (SSSR count). The highest BCUT2D eigenvalue weighted by molar-refractivity contribution is 5.29. The number of nitrogens with zero attached hydrogens (tertiary/aromatic N) is 2. The van der Waals surface area contributed by atoms with Gasteiger partial charge in [-0.1, -0.05) is 0 Å². The second-order valence-electron chi connectivity index (χ2n) is 3.66. The molecule has 0 radical (unpaired) electrons. The highest BCUT2D eigenvalue weighted by atomic mass is 16.6. The van der Waals surface area contributed by atoms with Crippen LogP contribution in [0.3, 0.4) is 0 Å². The number of pyridine rings is 1. The molecule has 6 heteroatoms. The number of aromatic nitrogens is 1. The molecule has 4 N–H and O–H groups in total. The first-order valence-corrected chi connectivity index (χ1v) is 5.18. The molecule has 16 heavy (non-hydrogen) atoms. The van der Waals surface area contributed by atoms with Crippen LogP contribution in [0.25, 0.3) is 0 Å². The SMILES string of the molecule is NCCCC(N)Cc1cc([N+](=O)[O-])ccn1. The molecule has 1 aromatic heterocycles. The van der Waals surface area contributed by atoms with E-state index in [4.69, 9.17) is 11.5 Å². The summed E-state index contributed by atoms with van der Waals surface area (Å²) in [5.74, 6) is 0. The molecule has 0 aromatic carbocycles. The normalized spacial score (nSPS) is 12.4. The van der Waals surface area contributed by atoms with E-state index < -0.39 is 4.92 Å². The predicted molar refractivity (Wildman–Crippen MR) is 60.9 cm³/mol. The third-order valence-electron chi connectivity index (χ3n) is 2.26. The molecular weight excluding hydrogens is 208 g/mol. The van der Waals surface area contributed by atoms with Crippen molar-refractivity contribution in [2.75, 3.05) is 6.54 Å². The second-order valence-corrected chi connectivity index (χ2v) is 3.66. The van der Waals surface area contributed by atoms with Gasteiger partial charge in [0, 0.05) is 36.5 Å². The smallest absolute Gasteiger partial charge is 0.272 e. The van der Waals surface area contributed by atoms with Crippen LogP contribution < -0.4 is 11.5 Å². The van der Waals surface area contributed by atoms with Crippen molar-refractivity contribution in [3.63, 3.8) is 0 Å². The Balaban J connectivity index is 2.59. The van der Waals surface area contributed by atoms with E-state index in [1.807, 2.05) is 0 Å². The van der Waals surface area contributed by atoms with Crippen LogP contribution in [0.15, 0.2) is 18.3 Å². The summed E-state index contributed by atoms with van der Waals surface area (Å²) in [5, 5.41) is 10.5. The topological polar surface area (TPSA) is 108 Å². The van der Waals surface area contributed by atoms with E-state index in [1.165, 1.54) is 18.3 Å². The summed E-state index contributed by atoms with van der Waals surface area (Å²) in [6.07, 6.45) is 3.64. The van der Waals surface area contributed by atoms with Crippen molar-refractivity contribution in [1.29, 1.82) is 0 Å². The van der Waals surface area contributed by atoms with Crippen molar-refractivity contribution >= 4 is 5.69 Å². The molecule has 1 aromatic rings. The van der Waals surface area contributed by atoms with Crippen molar-refractivity contribution in [2.24, 2.45) is 11.5 Å². The molecule has 0 aliphatic carbocycles. The van der Waals surface area contributed by atoms with Crippen molar-refractivity contribution in [2.45, 2.75) is 25.3 Å². The fraction of sp³-hybridized carbons (Fsp3) is 0.500. The van der Waals surface area contributed by atoms with Crippen LogP contribution in [0.1, 0.15) is 18.5 Å². The molecule has 1 unspecified atom stereocenters. The van der Waals surface area contributed by atoms with Gasteiger partial charge >= 0.3 is 0 Å². The average Bonchev–Trinajstić information content (AvgIpc) is 2.26. The Morgan fingerprint density at radius 3 is 2.94 bits per heavy atom. The fourth-order valence-electron chi connectivity index (χ4n) is 1.44. The molecule has 0 spiro atoms. The van der Waals surface area contributed by atoms with Crippen molar-refractivity contribution in [3.8, 4) is 0 Å². The van der Waals surface area contributed by atoms with Gasteiger partial charge in [0.15, 0.2) is 0 Å². The van der Waals surface area contributed by atoms with Gasteiger partial charge in [0.25, 0.3) is 5.69 Å². The van der Waals surface area contributed by atoms with E-state index in [-0.39, 0.29) is 11.7 Å². The number of hydrogen-bond donors (Lipinski definition) is 2. The van der Waals surface area contributed by atoms with Crippen molar-refractivity contribution in [1.82, 2.24) is 4.98 Å². The van der Waals surface area contributed by atoms with E-state index in [9.17, 15) is 10.1 Å². The van der Waals surface area contributed by atoms with Gasteiger partial charge < -0.3 is 11.5 Å². The van der Waals surface area contributed by atoms with Gasteiger partial charge in [0.2, 0.25) is 0 Å². The molecule has 1 atom stereocenters. The molecule has 0 fully saturated rings. The highest BCUT2D eigenvalue weighted by Crippen LogP contribution is 2.12. The summed E-state index contributed by atoms with van der Waals surface area (Å²) in [6.45, 7) is 0.607. The van der Waals surface area contributed by atoms with E-state index in [0.29, 0.717) is 18.7 Å². The third kappa shape index (κ3) is 3.92. The van der Waals surface area contributed by atoms with Gasteiger partial charge in [-0.2, -0.15) is 0 Å². The van der Waals surface area contributed by atoms with Crippen LogP contribution in [0.5, 0.6) is 0 Å². The van der Waals surface area contributed by atoms with Crippen LogP contribution in [0.4, 0.5) is 5.69 Å². The molecule has 0 aliphatic heterocycles. The minimum absolute atomic E-state index is 0.0435. The Hall–Kier alpha value is -1.53. The Labute approximate surface area is 93.8 Å². The summed E-state index contributed by atoms with van der Waals surface area (Å²) in [6, 6.07) is 2.79. The van der Waals surface area contributed by atoms with Crippen LogP contribution in [0.2, 0.25) is 0 Å². The van der Waals surface area contributed by atoms with Gasteiger partial charge in [0.1, 0.15) is 0 Å². The largest absolute Gasteiger partial charge is 0.330 e. The van der Waals surface area contributed by atoms with Gasteiger partial charge in [-0.05, 0) is 19.4 Å². The quantitative estimate of drug-likeness (QED) is 0.543. The highest BCUT2D eigenvalue weighted by Gasteiger charge is 2.09. The van der Waals surface area contributed by atoms with Gasteiger partial charge in [-0.15, -0.1) is 0 Å². The van der Waals surface area contributed by atoms with Crippen LogP contribution in [-0.2, 0) is 6.42 Å². The lowest BCUT2D eigenvalue weighted by Gasteiger charge is -2.09. The first kappa shape index (κ1) is 12.5. The summed E-state index contributed by atoms with van der Waals surface area (Å²) in [5.41, 5.74) is 11.9. The van der Waals surface area contributed by atoms with Crippen molar-refractivity contribution < 1.29 is 4.92 Å². The first-order valence-electron chi connectivity index (χ1n) is 5.18. The number of rotatable bonds is 6. The summed E-state index contributed by atoms with van der Waals surface area (Å²) < 4.78 is 0. The van der Waals surface area contributed by atoms with Crippen LogP contribution in [0, 0.1) is 10.1 Å². The maximum absolute atomic E-state index is 10.5. The van der Waals surface area contributed by atoms with Crippen LogP contribution >= 0.6 is 0 Å². The first-order chi connectivity index (χ1) is 7.63. The van der Waals surface area contributed by atoms with Gasteiger partial charge in [0.05, 0.1) is 4.92 Å². The van der Waals surface area contributed by atoms with E-state index in [2.05, 4.69) is 4.98 Å². The zero-order chi connectivity index (χ0) is 12.0. The standard InChI is InChI=1S/C10H16N4O2/c11-4-1-2-8(12)6-9-7-10(14(15)16)3-5-13-9/h3,5,7-8H,1-2,4,6,11-12H2. The Morgan fingerprint density at radius 1 is 1.56 bits per heavy atom. The maximum atomic E-state index is 10.5. The third-order valence-corrected chi connectivity index (χ3v) is 2.26.